The molecule has 0 amide bonds. The van der Waals surface area contributed by atoms with Crippen LogP contribution < -0.4 is 10.1 Å². The smallest absolute Gasteiger partial charge is 0.137 e. The van der Waals surface area contributed by atoms with Crippen molar-refractivity contribution in [3.8, 4) is 5.75 Å². The summed E-state index contributed by atoms with van der Waals surface area (Å²) in [5.74, 6) is 0.678. The maximum Gasteiger partial charge on any atom is 0.137 e. The van der Waals surface area contributed by atoms with Crippen LogP contribution in [0.25, 0.3) is 0 Å². The second-order valence-corrected chi connectivity index (χ2v) is 5.44. The van der Waals surface area contributed by atoms with Gasteiger partial charge in [0.05, 0.1) is 18.2 Å². The lowest BCUT2D eigenvalue weighted by atomic mass is 9.97. The molecule has 20 heavy (non-hydrogen) atoms. The number of hydrogen-bond donors (Lipinski definition) is 1. The minimum atomic E-state index is 0.0642. The normalized spacial score (nSPS) is 12.2. The maximum atomic E-state index is 6.20. The molecule has 2 aromatic rings. The van der Waals surface area contributed by atoms with Crippen LogP contribution in [0.4, 0.5) is 0 Å². The highest BCUT2D eigenvalue weighted by Gasteiger charge is 2.14. The van der Waals surface area contributed by atoms with Crippen molar-refractivity contribution in [3.63, 3.8) is 0 Å². The number of methoxy groups -OCH3 is 1. The summed E-state index contributed by atoms with van der Waals surface area (Å²) in [4.78, 5) is 0. The molecule has 0 aliphatic heterocycles. The van der Waals surface area contributed by atoms with E-state index in [1.807, 2.05) is 44.3 Å². The number of aryl methyl sites for hydroxylation is 1. The van der Waals surface area contributed by atoms with Gasteiger partial charge in [0.1, 0.15) is 5.75 Å². The Morgan fingerprint density at radius 1 is 1.00 bits per heavy atom. The molecule has 0 spiro atoms. The highest BCUT2D eigenvalue weighted by molar-refractivity contribution is 6.32. The predicted octanol–water partition coefficient (Wildman–Crippen LogP) is 4.62. The summed E-state index contributed by atoms with van der Waals surface area (Å²) in [6, 6.07) is 11.9. The summed E-state index contributed by atoms with van der Waals surface area (Å²) in [6.07, 6.45) is 0. The monoisotopic (exact) mass is 309 g/mol. The molecule has 0 heterocycles. The molecule has 2 rings (SSSR count). The SMILES string of the molecule is CNC(c1ccc(Cl)c(C)c1)c1ccc(OC)c(Cl)c1. The Labute approximate surface area is 129 Å². The van der Waals surface area contributed by atoms with Crippen LogP contribution in [0.1, 0.15) is 22.7 Å². The summed E-state index contributed by atoms with van der Waals surface area (Å²) in [5.41, 5.74) is 3.29. The number of halogens is 2. The summed E-state index contributed by atoms with van der Waals surface area (Å²) in [5, 5.41) is 4.69. The molecule has 0 aliphatic rings. The number of nitrogens with one attached hydrogen (secondary N) is 1. The quantitative estimate of drug-likeness (QED) is 0.890. The molecular weight excluding hydrogens is 293 g/mol. The minimum Gasteiger partial charge on any atom is -0.495 e. The van der Waals surface area contributed by atoms with Crippen LogP contribution in [-0.2, 0) is 0 Å². The Morgan fingerprint density at radius 2 is 1.65 bits per heavy atom. The van der Waals surface area contributed by atoms with Crippen LogP contribution in [0.15, 0.2) is 36.4 Å². The van der Waals surface area contributed by atoms with E-state index < -0.39 is 0 Å². The van der Waals surface area contributed by atoms with E-state index in [9.17, 15) is 0 Å². The van der Waals surface area contributed by atoms with Crippen LogP contribution in [0.5, 0.6) is 5.75 Å². The Hall–Kier alpha value is -1.22. The van der Waals surface area contributed by atoms with E-state index in [1.165, 1.54) is 0 Å². The molecule has 0 aromatic heterocycles. The average Bonchev–Trinajstić information content (AvgIpc) is 2.44. The number of rotatable bonds is 4. The molecule has 0 fully saturated rings. The Balaban J connectivity index is 2.41. The third-order valence-electron chi connectivity index (χ3n) is 3.31. The van der Waals surface area contributed by atoms with Crippen LogP contribution in [0.3, 0.4) is 0 Å². The second kappa shape index (κ2) is 6.49. The molecule has 2 aromatic carbocycles. The molecule has 0 radical (unpaired) electrons. The van der Waals surface area contributed by atoms with E-state index in [0.29, 0.717) is 10.8 Å². The first-order valence-electron chi connectivity index (χ1n) is 6.33. The fourth-order valence-electron chi connectivity index (χ4n) is 2.24. The second-order valence-electron chi connectivity index (χ2n) is 4.62. The molecule has 1 atom stereocenters. The lowest BCUT2D eigenvalue weighted by Gasteiger charge is -2.19. The summed E-state index contributed by atoms with van der Waals surface area (Å²) in [7, 11) is 3.53. The fourth-order valence-corrected chi connectivity index (χ4v) is 2.62. The van der Waals surface area contributed by atoms with E-state index in [1.54, 1.807) is 7.11 Å². The summed E-state index contributed by atoms with van der Waals surface area (Å²) in [6.45, 7) is 2.00. The Morgan fingerprint density at radius 3 is 2.20 bits per heavy atom. The van der Waals surface area contributed by atoms with Gasteiger partial charge in [-0.3, -0.25) is 0 Å². The van der Waals surface area contributed by atoms with Gasteiger partial charge in [0.15, 0.2) is 0 Å². The van der Waals surface area contributed by atoms with Gasteiger partial charge >= 0.3 is 0 Å². The Kier molecular flexibility index (Phi) is 4.92. The molecule has 0 bridgehead atoms. The van der Waals surface area contributed by atoms with E-state index in [2.05, 4.69) is 11.4 Å². The summed E-state index contributed by atoms with van der Waals surface area (Å²) >= 11 is 12.3. The fraction of sp³-hybridized carbons (Fsp3) is 0.250. The molecule has 0 saturated carbocycles. The van der Waals surface area contributed by atoms with Crippen molar-refractivity contribution < 1.29 is 4.74 Å². The summed E-state index contributed by atoms with van der Waals surface area (Å²) < 4.78 is 5.18. The van der Waals surface area contributed by atoms with E-state index in [0.717, 1.165) is 21.7 Å². The standard InChI is InChI=1S/C16H17Cl2NO/c1-10-8-11(4-6-13(10)17)16(19-2)12-5-7-15(20-3)14(18)9-12/h4-9,16,19H,1-3H3. The van der Waals surface area contributed by atoms with Gasteiger partial charge in [-0.2, -0.15) is 0 Å². The number of hydrogen-bond acceptors (Lipinski definition) is 2. The zero-order chi connectivity index (χ0) is 14.7. The number of benzene rings is 2. The van der Waals surface area contributed by atoms with Crippen LogP contribution in [-0.4, -0.2) is 14.2 Å². The highest BCUT2D eigenvalue weighted by Crippen LogP contribution is 2.31. The molecule has 1 N–H and O–H groups in total. The highest BCUT2D eigenvalue weighted by atomic mass is 35.5. The molecule has 0 aliphatic carbocycles. The van der Waals surface area contributed by atoms with Crippen LogP contribution >= 0.6 is 23.2 Å². The van der Waals surface area contributed by atoms with Crippen molar-refractivity contribution >= 4 is 23.2 Å². The van der Waals surface area contributed by atoms with Gasteiger partial charge in [-0.25, -0.2) is 0 Å². The molecule has 0 saturated heterocycles. The van der Waals surface area contributed by atoms with Crippen molar-refractivity contribution in [2.75, 3.05) is 14.2 Å². The molecule has 106 valence electrons. The van der Waals surface area contributed by atoms with Gasteiger partial charge in [-0.05, 0) is 48.9 Å². The van der Waals surface area contributed by atoms with E-state index in [4.69, 9.17) is 27.9 Å². The van der Waals surface area contributed by atoms with Gasteiger partial charge in [0.25, 0.3) is 0 Å². The van der Waals surface area contributed by atoms with Gasteiger partial charge in [-0.15, -0.1) is 0 Å². The minimum absolute atomic E-state index is 0.0642. The zero-order valence-electron chi connectivity index (χ0n) is 11.7. The van der Waals surface area contributed by atoms with E-state index in [-0.39, 0.29) is 6.04 Å². The number of ether oxygens (including phenoxy) is 1. The van der Waals surface area contributed by atoms with Crippen molar-refractivity contribution in [1.82, 2.24) is 5.32 Å². The van der Waals surface area contributed by atoms with Crippen molar-refractivity contribution in [1.29, 1.82) is 0 Å². The van der Waals surface area contributed by atoms with Gasteiger partial charge in [0, 0.05) is 5.02 Å². The molecule has 2 nitrogen and oxygen atoms in total. The molecular formula is C16H17Cl2NO. The van der Waals surface area contributed by atoms with Gasteiger partial charge < -0.3 is 10.1 Å². The molecule has 4 heteroatoms. The first-order valence-corrected chi connectivity index (χ1v) is 7.09. The first-order chi connectivity index (χ1) is 9.56. The Bertz CT molecular complexity index is 613. The van der Waals surface area contributed by atoms with Crippen molar-refractivity contribution in [2.24, 2.45) is 0 Å². The van der Waals surface area contributed by atoms with E-state index >= 15 is 0 Å². The lowest BCUT2D eigenvalue weighted by molar-refractivity contribution is 0.414. The predicted molar refractivity (Wildman–Crippen MR) is 85.1 cm³/mol. The van der Waals surface area contributed by atoms with Crippen LogP contribution in [0, 0.1) is 6.92 Å². The average molecular weight is 310 g/mol. The first kappa shape index (κ1) is 15.2. The molecule has 1 unspecified atom stereocenters. The van der Waals surface area contributed by atoms with Crippen LogP contribution in [0.2, 0.25) is 10.0 Å². The third-order valence-corrected chi connectivity index (χ3v) is 4.03. The van der Waals surface area contributed by atoms with Gasteiger partial charge in [0.2, 0.25) is 0 Å². The maximum absolute atomic E-state index is 6.20. The largest absolute Gasteiger partial charge is 0.495 e. The third kappa shape index (κ3) is 3.09. The van der Waals surface area contributed by atoms with Crippen molar-refractivity contribution in [2.45, 2.75) is 13.0 Å². The topological polar surface area (TPSA) is 21.3 Å². The zero-order valence-corrected chi connectivity index (χ0v) is 13.2. The van der Waals surface area contributed by atoms with Gasteiger partial charge in [-0.1, -0.05) is 41.4 Å². The van der Waals surface area contributed by atoms with Crippen molar-refractivity contribution in [3.05, 3.63) is 63.1 Å². The lowest BCUT2D eigenvalue weighted by Crippen LogP contribution is -2.17.